The van der Waals surface area contributed by atoms with E-state index in [4.69, 9.17) is 5.73 Å². The second kappa shape index (κ2) is 5.69. The standard InChI is InChI=1S/C16H20N2/c1-3-18(14-9-5-4-6-10-14)16-12-8-7-11-15(16)13(2)17/h4-13H,3,17H2,1-2H3/t13-/m1/s1. The Kier molecular flexibility index (Phi) is 4.00. The molecular formula is C16H20N2. The van der Waals surface area contributed by atoms with Crippen LogP contribution in [0.1, 0.15) is 25.5 Å². The molecular weight excluding hydrogens is 220 g/mol. The van der Waals surface area contributed by atoms with E-state index in [1.165, 1.54) is 16.9 Å². The molecule has 2 nitrogen and oxygen atoms in total. The lowest BCUT2D eigenvalue weighted by molar-refractivity contribution is 0.811. The SMILES string of the molecule is CCN(c1ccccc1)c1ccccc1[C@@H](C)N. The Morgan fingerprint density at radius 1 is 1.00 bits per heavy atom. The third-order valence-electron chi connectivity index (χ3n) is 3.10. The number of nitrogens with zero attached hydrogens (tertiary/aromatic N) is 1. The number of para-hydroxylation sites is 2. The van der Waals surface area contributed by atoms with Gasteiger partial charge in [0.15, 0.2) is 0 Å². The molecule has 0 radical (unpaired) electrons. The van der Waals surface area contributed by atoms with Crippen molar-refractivity contribution in [2.45, 2.75) is 19.9 Å². The van der Waals surface area contributed by atoms with Crippen molar-refractivity contribution in [3.8, 4) is 0 Å². The highest BCUT2D eigenvalue weighted by Crippen LogP contribution is 2.30. The molecule has 0 aliphatic rings. The lowest BCUT2D eigenvalue weighted by atomic mass is 10.1. The molecule has 0 unspecified atom stereocenters. The van der Waals surface area contributed by atoms with Crippen LogP contribution in [0.15, 0.2) is 54.6 Å². The second-order valence-corrected chi connectivity index (χ2v) is 4.43. The summed E-state index contributed by atoms with van der Waals surface area (Å²) in [6.45, 7) is 5.11. The zero-order valence-electron chi connectivity index (χ0n) is 11.0. The average Bonchev–Trinajstić information content (AvgIpc) is 2.41. The minimum atomic E-state index is 0.0407. The van der Waals surface area contributed by atoms with E-state index in [9.17, 15) is 0 Å². The first kappa shape index (κ1) is 12.7. The average molecular weight is 240 g/mol. The fourth-order valence-corrected chi connectivity index (χ4v) is 2.22. The van der Waals surface area contributed by atoms with Crippen molar-refractivity contribution in [1.29, 1.82) is 0 Å². The van der Waals surface area contributed by atoms with Crippen LogP contribution in [-0.4, -0.2) is 6.54 Å². The molecule has 0 aliphatic carbocycles. The van der Waals surface area contributed by atoms with Gasteiger partial charge in [-0.1, -0.05) is 36.4 Å². The molecule has 0 spiro atoms. The van der Waals surface area contributed by atoms with Crippen molar-refractivity contribution >= 4 is 11.4 Å². The van der Waals surface area contributed by atoms with Crippen LogP contribution in [0.3, 0.4) is 0 Å². The van der Waals surface area contributed by atoms with Crippen LogP contribution in [0.25, 0.3) is 0 Å². The van der Waals surface area contributed by atoms with Gasteiger partial charge in [-0.15, -0.1) is 0 Å². The summed E-state index contributed by atoms with van der Waals surface area (Å²) in [5, 5.41) is 0. The van der Waals surface area contributed by atoms with Crippen LogP contribution in [-0.2, 0) is 0 Å². The van der Waals surface area contributed by atoms with Gasteiger partial charge in [-0.25, -0.2) is 0 Å². The minimum Gasteiger partial charge on any atom is -0.341 e. The van der Waals surface area contributed by atoms with Gasteiger partial charge in [0, 0.05) is 24.0 Å². The summed E-state index contributed by atoms with van der Waals surface area (Å²) in [6, 6.07) is 18.8. The molecule has 0 amide bonds. The normalized spacial score (nSPS) is 12.2. The Bertz CT molecular complexity index is 491. The van der Waals surface area contributed by atoms with E-state index in [0.717, 1.165) is 6.54 Å². The summed E-state index contributed by atoms with van der Waals surface area (Å²) in [5.41, 5.74) is 9.64. The van der Waals surface area contributed by atoms with Crippen molar-refractivity contribution in [2.75, 3.05) is 11.4 Å². The Balaban J connectivity index is 2.46. The van der Waals surface area contributed by atoms with E-state index in [-0.39, 0.29) is 6.04 Å². The molecule has 2 N–H and O–H groups in total. The zero-order chi connectivity index (χ0) is 13.0. The highest BCUT2D eigenvalue weighted by Gasteiger charge is 2.13. The van der Waals surface area contributed by atoms with E-state index in [1.807, 2.05) is 19.1 Å². The van der Waals surface area contributed by atoms with Crippen molar-refractivity contribution in [3.63, 3.8) is 0 Å². The Labute approximate surface area is 109 Å². The molecule has 94 valence electrons. The second-order valence-electron chi connectivity index (χ2n) is 4.43. The molecule has 2 rings (SSSR count). The fourth-order valence-electron chi connectivity index (χ4n) is 2.22. The van der Waals surface area contributed by atoms with E-state index in [2.05, 4.69) is 54.3 Å². The van der Waals surface area contributed by atoms with Gasteiger partial charge < -0.3 is 10.6 Å². The molecule has 0 bridgehead atoms. The highest BCUT2D eigenvalue weighted by atomic mass is 15.1. The molecule has 2 aromatic rings. The quantitative estimate of drug-likeness (QED) is 0.879. The van der Waals surface area contributed by atoms with Gasteiger partial charge >= 0.3 is 0 Å². The summed E-state index contributed by atoms with van der Waals surface area (Å²) in [5.74, 6) is 0. The number of anilines is 2. The van der Waals surface area contributed by atoms with Crippen molar-refractivity contribution < 1.29 is 0 Å². The maximum absolute atomic E-state index is 6.06. The van der Waals surface area contributed by atoms with Crippen molar-refractivity contribution in [2.24, 2.45) is 5.73 Å². The first-order valence-corrected chi connectivity index (χ1v) is 6.41. The smallest absolute Gasteiger partial charge is 0.0458 e. The molecule has 0 fully saturated rings. The van der Waals surface area contributed by atoms with Gasteiger partial charge in [-0.3, -0.25) is 0 Å². The summed E-state index contributed by atoms with van der Waals surface area (Å²) in [7, 11) is 0. The van der Waals surface area contributed by atoms with Crippen LogP contribution in [0.5, 0.6) is 0 Å². The maximum Gasteiger partial charge on any atom is 0.0458 e. The first-order chi connectivity index (χ1) is 8.74. The van der Waals surface area contributed by atoms with E-state index >= 15 is 0 Å². The van der Waals surface area contributed by atoms with Gasteiger partial charge in [0.25, 0.3) is 0 Å². The van der Waals surface area contributed by atoms with Crippen LogP contribution < -0.4 is 10.6 Å². The fraction of sp³-hybridized carbons (Fsp3) is 0.250. The van der Waals surface area contributed by atoms with Gasteiger partial charge in [-0.2, -0.15) is 0 Å². The van der Waals surface area contributed by atoms with Crippen molar-refractivity contribution in [3.05, 3.63) is 60.2 Å². The summed E-state index contributed by atoms with van der Waals surface area (Å²) in [6.07, 6.45) is 0. The number of hydrogen-bond acceptors (Lipinski definition) is 2. The van der Waals surface area contributed by atoms with Crippen LogP contribution >= 0.6 is 0 Å². The largest absolute Gasteiger partial charge is 0.341 e. The van der Waals surface area contributed by atoms with Gasteiger partial charge in [0.2, 0.25) is 0 Å². The number of hydrogen-bond donors (Lipinski definition) is 1. The van der Waals surface area contributed by atoms with Gasteiger partial charge in [0.1, 0.15) is 0 Å². The molecule has 2 heteroatoms. The topological polar surface area (TPSA) is 29.3 Å². The number of nitrogens with two attached hydrogens (primary N) is 1. The minimum absolute atomic E-state index is 0.0407. The molecule has 0 saturated carbocycles. The lowest BCUT2D eigenvalue weighted by Crippen LogP contribution is -2.19. The van der Waals surface area contributed by atoms with Gasteiger partial charge in [-0.05, 0) is 37.6 Å². The summed E-state index contributed by atoms with van der Waals surface area (Å²) in [4.78, 5) is 2.29. The first-order valence-electron chi connectivity index (χ1n) is 6.41. The van der Waals surface area contributed by atoms with E-state index in [0.29, 0.717) is 0 Å². The van der Waals surface area contributed by atoms with Crippen LogP contribution in [0, 0.1) is 0 Å². The summed E-state index contributed by atoms with van der Waals surface area (Å²) < 4.78 is 0. The third-order valence-corrected chi connectivity index (χ3v) is 3.10. The summed E-state index contributed by atoms with van der Waals surface area (Å²) >= 11 is 0. The van der Waals surface area contributed by atoms with Gasteiger partial charge in [0.05, 0.1) is 0 Å². The molecule has 0 heterocycles. The Morgan fingerprint density at radius 3 is 2.22 bits per heavy atom. The predicted molar refractivity (Wildman–Crippen MR) is 78.2 cm³/mol. The third kappa shape index (κ3) is 2.54. The molecule has 18 heavy (non-hydrogen) atoms. The van der Waals surface area contributed by atoms with E-state index < -0.39 is 0 Å². The predicted octanol–water partition coefficient (Wildman–Crippen LogP) is 3.86. The van der Waals surface area contributed by atoms with Crippen molar-refractivity contribution in [1.82, 2.24) is 0 Å². The number of rotatable bonds is 4. The molecule has 1 atom stereocenters. The van der Waals surface area contributed by atoms with E-state index in [1.54, 1.807) is 0 Å². The lowest BCUT2D eigenvalue weighted by Gasteiger charge is -2.27. The molecule has 0 aliphatic heterocycles. The number of benzene rings is 2. The Hall–Kier alpha value is -1.80. The molecule has 0 saturated heterocycles. The highest BCUT2D eigenvalue weighted by molar-refractivity contribution is 5.66. The van der Waals surface area contributed by atoms with Crippen LogP contribution in [0.2, 0.25) is 0 Å². The molecule has 2 aromatic carbocycles. The van der Waals surface area contributed by atoms with Crippen LogP contribution in [0.4, 0.5) is 11.4 Å². The Morgan fingerprint density at radius 2 is 1.61 bits per heavy atom. The maximum atomic E-state index is 6.06. The monoisotopic (exact) mass is 240 g/mol. The zero-order valence-corrected chi connectivity index (χ0v) is 11.0. The molecule has 0 aromatic heterocycles.